The lowest BCUT2D eigenvalue weighted by atomic mass is 10.2. The Hall–Kier alpha value is -3.78. The summed E-state index contributed by atoms with van der Waals surface area (Å²) in [5, 5.41) is 2.78. The molecule has 0 radical (unpaired) electrons. The van der Waals surface area contributed by atoms with E-state index in [0.29, 0.717) is 17.1 Å². The summed E-state index contributed by atoms with van der Waals surface area (Å²) < 4.78 is 10.5. The number of benzene rings is 3. The Bertz CT molecular complexity index is 1140. The van der Waals surface area contributed by atoms with Crippen molar-refractivity contribution in [3.8, 4) is 5.75 Å². The minimum absolute atomic E-state index is 0.152. The van der Waals surface area contributed by atoms with E-state index in [1.165, 1.54) is 16.7 Å². The fourth-order valence-corrected chi connectivity index (χ4v) is 4.03. The Morgan fingerprint density at radius 1 is 0.969 bits per heavy atom. The quantitative estimate of drug-likeness (QED) is 0.554. The number of para-hydroxylation sites is 3. The van der Waals surface area contributed by atoms with Crippen LogP contribution in [0.25, 0.3) is 0 Å². The number of anilines is 2. The van der Waals surface area contributed by atoms with Crippen LogP contribution < -0.4 is 15.0 Å². The molecule has 162 valence electrons. The van der Waals surface area contributed by atoms with Gasteiger partial charge in [-0.25, -0.2) is 0 Å². The number of hydrogen-bond acceptors (Lipinski definition) is 6. The highest BCUT2D eigenvalue weighted by molar-refractivity contribution is 7.99. The zero-order chi connectivity index (χ0) is 22.3. The van der Waals surface area contributed by atoms with Crippen LogP contribution in [0.4, 0.5) is 11.4 Å². The minimum Gasteiger partial charge on any atom is -0.482 e. The maximum Gasteiger partial charge on any atom is 0.326 e. The molecule has 3 aromatic carbocycles. The maximum atomic E-state index is 12.4. The Morgan fingerprint density at radius 3 is 2.53 bits per heavy atom. The summed E-state index contributed by atoms with van der Waals surface area (Å²) in [5.74, 6) is -0.979. The molecule has 0 aliphatic carbocycles. The van der Waals surface area contributed by atoms with E-state index >= 15 is 0 Å². The van der Waals surface area contributed by atoms with Gasteiger partial charge in [0.2, 0.25) is 0 Å². The van der Waals surface area contributed by atoms with Crippen LogP contribution in [-0.4, -0.2) is 37.5 Å². The van der Waals surface area contributed by atoms with Gasteiger partial charge < -0.3 is 14.8 Å². The van der Waals surface area contributed by atoms with Gasteiger partial charge in [-0.15, -0.1) is 0 Å². The van der Waals surface area contributed by atoms with Gasteiger partial charge in [-0.1, -0.05) is 54.2 Å². The van der Waals surface area contributed by atoms with Crippen LogP contribution >= 0.6 is 11.8 Å². The summed E-state index contributed by atoms with van der Waals surface area (Å²) in [5.41, 5.74) is 1.12. The highest BCUT2D eigenvalue weighted by Gasteiger charge is 2.27. The molecule has 0 bridgehead atoms. The molecule has 1 N–H and O–H groups in total. The first kappa shape index (κ1) is 21.5. The number of esters is 1. The number of nitrogens with one attached hydrogen (secondary N) is 1. The largest absolute Gasteiger partial charge is 0.482 e. The molecule has 1 aliphatic rings. The Balaban J connectivity index is 1.33. The molecule has 7 nitrogen and oxygen atoms in total. The van der Waals surface area contributed by atoms with E-state index in [4.69, 9.17) is 9.47 Å². The number of carbonyl (C=O) groups excluding carboxylic acids is 3. The Labute approximate surface area is 189 Å². The van der Waals surface area contributed by atoms with Crippen molar-refractivity contribution in [3.63, 3.8) is 0 Å². The zero-order valence-electron chi connectivity index (χ0n) is 17.0. The van der Waals surface area contributed by atoms with Crippen LogP contribution in [0, 0.1) is 0 Å². The second-order valence-electron chi connectivity index (χ2n) is 6.86. The topological polar surface area (TPSA) is 84.9 Å². The third-order valence-electron chi connectivity index (χ3n) is 4.59. The molecule has 0 aromatic heterocycles. The van der Waals surface area contributed by atoms with Gasteiger partial charge in [-0.05, 0) is 36.4 Å². The molecule has 8 heteroatoms. The van der Waals surface area contributed by atoms with Crippen molar-refractivity contribution in [2.24, 2.45) is 0 Å². The molecule has 0 saturated heterocycles. The standard InChI is InChI=1S/C24H20N2O5S/c27-22(25-18-10-4-7-13-21(18)32-17-8-2-1-3-9-17)15-31-24(29)14-26-19-11-5-6-12-20(19)30-16-23(26)28/h1-13H,14-16H2,(H,25,27). The average molecular weight is 449 g/mol. The van der Waals surface area contributed by atoms with E-state index < -0.39 is 18.5 Å². The van der Waals surface area contributed by atoms with Crippen molar-refractivity contribution in [1.82, 2.24) is 0 Å². The summed E-state index contributed by atoms with van der Waals surface area (Å²) in [7, 11) is 0. The van der Waals surface area contributed by atoms with E-state index in [-0.39, 0.29) is 19.1 Å². The summed E-state index contributed by atoms with van der Waals surface area (Å²) >= 11 is 1.52. The van der Waals surface area contributed by atoms with Gasteiger partial charge >= 0.3 is 5.97 Å². The third kappa shape index (κ3) is 5.28. The second-order valence-corrected chi connectivity index (χ2v) is 7.97. The van der Waals surface area contributed by atoms with Crippen LogP contribution in [0.2, 0.25) is 0 Å². The van der Waals surface area contributed by atoms with Crippen molar-refractivity contribution < 1.29 is 23.9 Å². The van der Waals surface area contributed by atoms with E-state index in [2.05, 4.69) is 5.32 Å². The van der Waals surface area contributed by atoms with Crippen molar-refractivity contribution in [3.05, 3.63) is 78.9 Å². The van der Waals surface area contributed by atoms with Crippen LogP contribution in [-0.2, 0) is 19.1 Å². The molecule has 32 heavy (non-hydrogen) atoms. The molecule has 0 fully saturated rings. The lowest BCUT2D eigenvalue weighted by Crippen LogP contribution is -2.42. The van der Waals surface area contributed by atoms with Gasteiger partial charge in [-0.2, -0.15) is 0 Å². The molecule has 1 heterocycles. The first-order valence-corrected chi connectivity index (χ1v) is 10.7. The predicted octanol–water partition coefficient (Wildman–Crippen LogP) is 3.75. The zero-order valence-corrected chi connectivity index (χ0v) is 17.8. The first-order valence-electron chi connectivity index (χ1n) is 9.90. The number of nitrogens with zero attached hydrogens (tertiary/aromatic N) is 1. The van der Waals surface area contributed by atoms with Gasteiger partial charge in [0.25, 0.3) is 11.8 Å². The predicted molar refractivity (Wildman–Crippen MR) is 121 cm³/mol. The van der Waals surface area contributed by atoms with Crippen LogP contribution in [0.15, 0.2) is 88.7 Å². The SMILES string of the molecule is O=C(COC(=O)CN1C(=O)COc2ccccc21)Nc1ccccc1Sc1ccccc1. The Kier molecular flexibility index (Phi) is 6.72. The van der Waals surface area contributed by atoms with Crippen LogP contribution in [0.1, 0.15) is 0 Å². The number of fused-ring (bicyclic) bond motifs is 1. The third-order valence-corrected chi connectivity index (χ3v) is 5.68. The van der Waals surface area contributed by atoms with Crippen LogP contribution in [0.3, 0.4) is 0 Å². The van der Waals surface area contributed by atoms with Crippen molar-refractivity contribution in [2.75, 3.05) is 30.0 Å². The summed E-state index contributed by atoms with van der Waals surface area (Å²) in [6.07, 6.45) is 0. The molecule has 4 rings (SSSR count). The van der Waals surface area contributed by atoms with Gasteiger partial charge in [0, 0.05) is 9.79 Å². The minimum atomic E-state index is -0.683. The van der Waals surface area contributed by atoms with Crippen molar-refractivity contribution in [1.29, 1.82) is 0 Å². The molecule has 0 unspecified atom stereocenters. The fraction of sp³-hybridized carbons (Fsp3) is 0.125. The number of hydrogen-bond donors (Lipinski definition) is 1. The lowest BCUT2D eigenvalue weighted by Gasteiger charge is -2.28. The first-order chi connectivity index (χ1) is 15.6. The van der Waals surface area contributed by atoms with E-state index in [1.807, 2.05) is 48.5 Å². The summed E-state index contributed by atoms with van der Waals surface area (Å²) in [6, 6.07) is 24.1. The lowest BCUT2D eigenvalue weighted by molar-refractivity contribution is -0.146. The molecule has 3 aromatic rings. The normalized spacial score (nSPS) is 12.5. The molecule has 2 amide bonds. The average Bonchev–Trinajstić information content (AvgIpc) is 2.81. The molecule has 1 aliphatic heterocycles. The van der Waals surface area contributed by atoms with E-state index in [9.17, 15) is 14.4 Å². The van der Waals surface area contributed by atoms with E-state index in [0.717, 1.165) is 9.79 Å². The fourth-order valence-electron chi connectivity index (χ4n) is 3.11. The number of amides is 2. The Morgan fingerprint density at radius 2 is 1.69 bits per heavy atom. The monoisotopic (exact) mass is 448 g/mol. The van der Waals surface area contributed by atoms with E-state index in [1.54, 1.807) is 30.3 Å². The molecule has 0 spiro atoms. The maximum absolute atomic E-state index is 12.4. The van der Waals surface area contributed by atoms with Crippen LogP contribution in [0.5, 0.6) is 5.75 Å². The molecular formula is C24H20N2O5S. The number of carbonyl (C=O) groups is 3. The highest BCUT2D eigenvalue weighted by Crippen LogP contribution is 2.33. The molecule has 0 saturated carbocycles. The van der Waals surface area contributed by atoms with Gasteiger partial charge in [0.05, 0.1) is 11.4 Å². The van der Waals surface area contributed by atoms with Gasteiger partial charge in [0.1, 0.15) is 12.3 Å². The van der Waals surface area contributed by atoms with Crippen molar-refractivity contribution in [2.45, 2.75) is 9.79 Å². The second kappa shape index (κ2) is 10.0. The summed E-state index contributed by atoms with van der Waals surface area (Å²) in [4.78, 5) is 40.0. The van der Waals surface area contributed by atoms with Gasteiger partial charge in [0.15, 0.2) is 13.2 Å². The van der Waals surface area contributed by atoms with Gasteiger partial charge in [-0.3, -0.25) is 19.3 Å². The number of rotatable bonds is 7. The highest BCUT2D eigenvalue weighted by atomic mass is 32.2. The summed E-state index contributed by atoms with van der Waals surface area (Å²) in [6.45, 7) is -0.906. The van der Waals surface area contributed by atoms with Crippen molar-refractivity contribution >= 4 is 40.9 Å². The molecular weight excluding hydrogens is 428 g/mol. The number of ether oxygens (including phenoxy) is 2. The molecule has 0 atom stereocenters. The smallest absolute Gasteiger partial charge is 0.326 e.